The number of ether oxygens (including phenoxy) is 1. The van der Waals surface area contributed by atoms with Crippen LogP contribution in [0.25, 0.3) is 5.57 Å². The molecule has 6 heteroatoms. The van der Waals surface area contributed by atoms with Gasteiger partial charge in [0.1, 0.15) is 11.4 Å². The van der Waals surface area contributed by atoms with Gasteiger partial charge in [0.25, 0.3) is 11.8 Å². The highest BCUT2D eigenvalue weighted by atomic mass is 35.5. The van der Waals surface area contributed by atoms with Gasteiger partial charge in [0, 0.05) is 16.3 Å². The number of anilines is 2. The number of aryl methyl sites for hydroxylation is 1. The van der Waals surface area contributed by atoms with Gasteiger partial charge in [-0.05, 0) is 61.4 Å². The number of hydrogen-bond donors (Lipinski definition) is 1. The maximum absolute atomic E-state index is 13.5. The van der Waals surface area contributed by atoms with Crippen molar-refractivity contribution < 1.29 is 14.3 Å². The van der Waals surface area contributed by atoms with Gasteiger partial charge in [-0.1, -0.05) is 41.9 Å². The molecule has 0 aromatic heterocycles. The molecule has 2 amide bonds. The summed E-state index contributed by atoms with van der Waals surface area (Å²) >= 11 is 6.00. The molecule has 4 rings (SSSR count). The number of methoxy groups -OCH3 is 1. The van der Waals surface area contributed by atoms with Crippen molar-refractivity contribution in [2.24, 2.45) is 0 Å². The smallest absolute Gasteiger partial charge is 0.282 e. The topological polar surface area (TPSA) is 58.6 Å². The van der Waals surface area contributed by atoms with E-state index in [2.05, 4.69) is 5.32 Å². The molecule has 1 aliphatic heterocycles. The van der Waals surface area contributed by atoms with Crippen molar-refractivity contribution in [3.63, 3.8) is 0 Å². The van der Waals surface area contributed by atoms with Gasteiger partial charge in [-0.3, -0.25) is 9.59 Å². The maximum atomic E-state index is 13.5. The molecule has 31 heavy (non-hydrogen) atoms. The van der Waals surface area contributed by atoms with Gasteiger partial charge in [0.15, 0.2) is 0 Å². The number of amides is 2. The minimum Gasteiger partial charge on any atom is -0.496 e. The van der Waals surface area contributed by atoms with Crippen LogP contribution in [0.4, 0.5) is 11.4 Å². The summed E-state index contributed by atoms with van der Waals surface area (Å²) in [5.41, 5.74) is 4.31. The monoisotopic (exact) mass is 432 g/mol. The van der Waals surface area contributed by atoms with Crippen molar-refractivity contribution in [3.8, 4) is 5.75 Å². The first-order valence-corrected chi connectivity index (χ1v) is 10.2. The fourth-order valence-electron chi connectivity index (χ4n) is 3.59. The van der Waals surface area contributed by atoms with E-state index in [1.54, 1.807) is 36.4 Å². The normalized spacial score (nSPS) is 13.7. The third kappa shape index (κ3) is 3.68. The predicted molar refractivity (Wildman–Crippen MR) is 123 cm³/mol. The largest absolute Gasteiger partial charge is 0.496 e. The molecule has 0 bridgehead atoms. The molecule has 0 saturated heterocycles. The Morgan fingerprint density at radius 1 is 0.871 bits per heavy atom. The van der Waals surface area contributed by atoms with E-state index in [0.29, 0.717) is 22.0 Å². The lowest BCUT2D eigenvalue weighted by Crippen LogP contribution is -2.32. The van der Waals surface area contributed by atoms with Gasteiger partial charge < -0.3 is 10.1 Å². The Labute approximate surface area is 185 Å². The molecule has 1 N–H and O–H groups in total. The van der Waals surface area contributed by atoms with E-state index in [-0.39, 0.29) is 11.3 Å². The SMILES string of the molecule is COc1ccccc1C1=C(Nc2cccc(C)c2C)C(=O)N(c2ccc(Cl)cc2)C1=O. The van der Waals surface area contributed by atoms with Crippen LogP contribution in [0.2, 0.25) is 5.02 Å². The second-order valence-corrected chi connectivity index (χ2v) is 7.68. The average molecular weight is 433 g/mol. The Balaban J connectivity index is 1.88. The van der Waals surface area contributed by atoms with Crippen LogP contribution in [0.1, 0.15) is 16.7 Å². The van der Waals surface area contributed by atoms with Crippen LogP contribution < -0.4 is 15.0 Å². The van der Waals surface area contributed by atoms with E-state index < -0.39 is 11.8 Å². The lowest BCUT2D eigenvalue weighted by atomic mass is 10.0. The summed E-state index contributed by atoms with van der Waals surface area (Å²) in [4.78, 5) is 28.2. The summed E-state index contributed by atoms with van der Waals surface area (Å²) in [6.45, 7) is 3.97. The highest BCUT2D eigenvalue weighted by molar-refractivity contribution is 6.46. The molecule has 0 atom stereocenters. The Bertz CT molecular complexity index is 1220. The van der Waals surface area contributed by atoms with Crippen LogP contribution in [0.15, 0.2) is 72.4 Å². The average Bonchev–Trinajstić information content (AvgIpc) is 3.01. The number of rotatable bonds is 5. The summed E-state index contributed by atoms with van der Waals surface area (Å²) in [7, 11) is 1.54. The Kier molecular flexibility index (Phi) is 5.53. The molecule has 0 fully saturated rings. The molecule has 0 aliphatic carbocycles. The number of benzene rings is 3. The van der Waals surface area contributed by atoms with Crippen molar-refractivity contribution in [1.82, 2.24) is 0 Å². The number of imide groups is 1. The third-order valence-electron chi connectivity index (χ3n) is 5.41. The fraction of sp³-hybridized carbons (Fsp3) is 0.120. The summed E-state index contributed by atoms with van der Waals surface area (Å²) < 4.78 is 5.48. The van der Waals surface area contributed by atoms with E-state index >= 15 is 0 Å². The number of hydrogen-bond acceptors (Lipinski definition) is 4. The summed E-state index contributed by atoms with van der Waals surface area (Å²) in [5.74, 6) is -0.351. The molecule has 0 spiro atoms. The lowest BCUT2D eigenvalue weighted by Gasteiger charge is -2.16. The Hall–Kier alpha value is -3.57. The van der Waals surface area contributed by atoms with Gasteiger partial charge in [-0.15, -0.1) is 0 Å². The van der Waals surface area contributed by atoms with E-state index in [0.717, 1.165) is 21.7 Å². The second kappa shape index (κ2) is 8.28. The Morgan fingerprint density at radius 3 is 2.29 bits per heavy atom. The number of carbonyl (C=O) groups is 2. The van der Waals surface area contributed by atoms with Crippen molar-refractivity contribution >= 4 is 40.4 Å². The van der Waals surface area contributed by atoms with Crippen molar-refractivity contribution in [3.05, 3.63) is 94.1 Å². The van der Waals surface area contributed by atoms with E-state index in [1.165, 1.54) is 7.11 Å². The molecule has 0 unspecified atom stereocenters. The lowest BCUT2D eigenvalue weighted by molar-refractivity contribution is -0.120. The number of nitrogens with zero attached hydrogens (tertiary/aromatic N) is 1. The van der Waals surface area contributed by atoms with Crippen molar-refractivity contribution in [1.29, 1.82) is 0 Å². The summed E-state index contributed by atoms with van der Waals surface area (Å²) in [6.07, 6.45) is 0. The van der Waals surface area contributed by atoms with Crippen LogP contribution in [-0.2, 0) is 9.59 Å². The summed E-state index contributed by atoms with van der Waals surface area (Å²) in [5, 5.41) is 3.75. The molecule has 156 valence electrons. The minimum absolute atomic E-state index is 0.207. The highest BCUT2D eigenvalue weighted by Gasteiger charge is 2.41. The van der Waals surface area contributed by atoms with E-state index in [1.807, 2.05) is 44.2 Å². The molecule has 0 radical (unpaired) electrons. The van der Waals surface area contributed by atoms with E-state index in [4.69, 9.17) is 16.3 Å². The highest BCUT2D eigenvalue weighted by Crippen LogP contribution is 2.38. The number of para-hydroxylation sites is 1. The van der Waals surface area contributed by atoms with E-state index in [9.17, 15) is 9.59 Å². The second-order valence-electron chi connectivity index (χ2n) is 7.24. The zero-order valence-corrected chi connectivity index (χ0v) is 18.2. The number of halogens is 1. The van der Waals surface area contributed by atoms with Gasteiger partial charge in [0.2, 0.25) is 0 Å². The quantitative estimate of drug-likeness (QED) is 0.551. The zero-order valence-electron chi connectivity index (χ0n) is 17.4. The molecular weight excluding hydrogens is 412 g/mol. The molecular formula is C25H21ClN2O3. The first kappa shape index (κ1) is 20.7. The van der Waals surface area contributed by atoms with Crippen LogP contribution in [0.3, 0.4) is 0 Å². The van der Waals surface area contributed by atoms with Crippen LogP contribution >= 0.6 is 11.6 Å². The standard InChI is InChI=1S/C25H21ClN2O3/c1-15-7-6-9-20(16(15)2)27-23-22(19-8-4-5-10-21(19)31-3)24(29)28(25(23)30)18-13-11-17(26)12-14-18/h4-14,27H,1-3H3. The maximum Gasteiger partial charge on any atom is 0.282 e. The number of carbonyl (C=O) groups excluding carboxylic acids is 2. The molecule has 1 heterocycles. The Morgan fingerprint density at radius 2 is 1.58 bits per heavy atom. The molecule has 5 nitrogen and oxygen atoms in total. The minimum atomic E-state index is -0.436. The first-order chi connectivity index (χ1) is 14.9. The van der Waals surface area contributed by atoms with Gasteiger partial charge >= 0.3 is 0 Å². The number of nitrogens with one attached hydrogen (secondary N) is 1. The third-order valence-corrected chi connectivity index (χ3v) is 5.66. The molecule has 1 aliphatic rings. The van der Waals surface area contributed by atoms with Crippen LogP contribution in [0.5, 0.6) is 5.75 Å². The van der Waals surface area contributed by atoms with Crippen molar-refractivity contribution in [2.45, 2.75) is 13.8 Å². The van der Waals surface area contributed by atoms with Crippen molar-refractivity contribution in [2.75, 3.05) is 17.3 Å². The molecule has 3 aromatic carbocycles. The van der Waals surface area contributed by atoms with Gasteiger partial charge in [0.05, 0.1) is 18.4 Å². The van der Waals surface area contributed by atoms with Crippen LogP contribution in [-0.4, -0.2) is 18.9 Å². The fourth-order valence-corrected chi connectivity index (χ4v) is 3.72. The molecule has 3 aromatic rings. The first-order valence-electron chi connectivity index (χ1n) is 9.77. The summed E-state index contributed by atoms with van der Waals surface area (Å²) in [6, 6.07) is 19.6. The zero-order chi connectivity index (χ0) is 22.1. The van der Waals surface area contributed by atoms with Gasteiger partial charge in [-0.2, -0.15) is 0 Å². The van der Waals surface area contributed by atoms with Gasteiger partial charge in [-0.25, -0.2) is 4.90 Å². The predicted octanol–water partition coefficient (Wildman–Crippen LogP) is 5.36. The van der Waals surface area contributed by atoms with Crippen LogP contribution in [0, 0.1) is 13.8 Å². The molecule has 0 saturated carbocycles.